The van der Waals surface area contributed by atoms with Crippen molar-refractivity contribution in [2.75, 3.05) is 35.9 Å². The molecule has 3 aromatic carbocycles. The number of carbonyl (C=O) groups excluding carboxylic acids is 1. The molecule has 0 radical (unpaired) electrons. The zero-order valence-corrected chi connectivity index (χ0v) is 21.8. The van der Waals surface area contributed by atoms with Crippen molar-refractivity contribution in [3.05, 3.63) is 83.9 Å². The van der Waals surface area contributed by atoms with Crippen LogP contribution >= 0.6 is 0 Å². The third-order valence-electron chi connectivity index (χ3n) is 6.50. The Kier molecular flexibility index (Phi) is 7.84. The quantitative estimate of drug-likeness (QED) is 0.455. The fourth-order valence-electron chi connectivity index (χ4n) is 4.35. The van der Waals surface area contributed by atoms with Crippen LogP contribution in [0.2, 0.25) is 0 Å². The predicted octanol–water partition coefficient (Wildman–Crippen LogP) is 4.68. The van der Waals surface area contributed by atoms with Gasteiger partial charge in [0, 0.05) is 18.8 Å². The summed E-state index contributed by atoms with van der Waals surface area (Å²) >= 11 is 0. The van der Waals surface area contributed by atoms with E-state index < -0.39 is 15.9 Å². The monoisotopic (exact) mass is 507 g/mol. The summed E-state index contributed by atoms with van der Waals surface area (Å²) in [6, 6.07) is 21.1. The van der Waals surface area contributed by atoms with Crippen LogP contribution in [-0.2, 0) is 14.8 Å². The second-order valence-electron chi connectivity index (χ2n) is 9.10. The first-order valence-corrected chi connectivity index (χ1v) is 13.6. The number of hydrogen-bond donors (Lipinski definition) is 1. The van der Waals surface area contributed by atoms with E-state index in [0.29, 0.717) is 11.4 Å². The first-order chi connectivity index (χ1) is 17.3. The molecule has 1 amide bonds. The van der Waals surface area contributed by atoms with E-state index in [1.54, 1.807) is 55.6 Å². The summed E-state index contributed by atoms with van der Waals surface area (Å²) in [6.07, 6.45) is 2.43. The SMILES string of the molecule is COc1ccc(N(CC(=O)NC(C)c2ccc(N3CCCC3)cc2)S(=O)(=O)c2ccc(C)cc2)cc1. The molecule has 3 aromatic rings. The van der Waals surface area contributed by atoms with Crippen LogP contribution < -0.4 is 19.3 Å². The summed E-state index contributed by atoms with van der Waals surface area (Å²) in [5.41, 5.74) is 3.48. The number of nitrogens with zero attached hydrogens (tertiary/aromatic N) is 2. The van der Waals surface area contributed by atoms with E-state index in [-0.39, 0.29) is 17.5 Å². The molecule has 8 heteroatoms. The van der Waals surface area contributed by atoms with Crippen molar-refractivity contribution < 1.29 is 17.9 Å². The highest BCUT2D eigenvalue weighted by atomic mass is 32.2. The fourth-order valence-corrected chi connectivity index (χ4v) is 5.77. The first-order valence-electron chi connectivity index (χ1n) is 12.2. The van der Waals surface area contributed by atoms with E-state index >= 15 is 0 Å². The number of methoxy groups -OCH3 is 1. The van der Waals surface area contributed by atoms with Crippen LogP contribution in [0.3, 0.4) is 0 Å². The predicted molar refractivity (Wildman–Crippen MR) is 143 cm³/mol. The minimum atomic E-state index is -3.97. The molecule has 1 saturated heterocycles. The van der Waals surface area contributed by atoms with Gasteiger partial charge in [0.25, 0.3) is 10.0 Å². The topological polar surface area (TPSA) is 79.0 Å². The molecule has 0 aromatic heterocycles. The van der Waals surface area contributed by atoms with Crippen LogP contribution in [0.25, 0.3) is 0 Å². The van der Waals surface area contributed by atoms with E-state index in [1.807, 2.05) is 26.0 Å². The normalized spacial score (nSPS) is 14.4. The highest BCUT2D eigenvalue weighted by Gasteiger charge is 2.28. The molecule has 1 aliphatic heterocycles. The Morgan fingerprint density at radius 1 is 0.972 bits per heavy atom. The highest BCUT2D eigenvalue weighted by Crippen LogP contribution is 2.27. The number of rotatable bonds is 9. The lowest BCUT2D eigenvalue weighted by molar-refractivity contribution is -0.120. The Labute approximate surface area is 213 Å². The van der Waals surface area contributed by atoms with Crippen molar-refractivity contribution >= 4 is 27.3 Å². The van der Waals surface area contributed by atoms with Gasteiger partial charge in [-0.15, -0.1) is 0 Å². The summed E-state index contributed by atoms with van der Waals surface area (Å²) in [5, 5.41) is 2.96. The van der Waals surface area contributed by atoms with E-state index in [9.17, 15) is 13.2 Å². The number of hydrogen-bond acceptors (Lipinski definition) is 5. The third kappa shape index (κ3) is 5.82. The van der Waals surface area contributed by atoms with Crippen molar-refractivity contribution in [1.82, 2.24) is 5.32 Å². The molecule has 1 N–H and O–H groups in total. The maximum absolute atomic E-state index is 13.6. The second-order valence-corrected chi connectivity index (χ2v) is 11.0. The summed E-state index contributed by atoms with van der Waals surface area (Å²) in [7, 11) is -2.43. The van der Waals surface area contributed by atoms with Gasteiger partial charge in [0.05, 0.1) is 23.7 Å². The average Bonchev–Trinajstić information content (AvgIpc) is 3.43. The number of nitrogens with one attached hydrogen (secondary N) is 1. The van der Waals surface area contributed by atoms with Crippen molar-refractivity contribution in [3.63, 3.8) is 0 Å². The maximum Gasteiger partial charge on any atom is 0.264 e. The number of benzene rings is 3. The van der Waals surface area contributed by atoms with Crippen LogP contribution in [0.15, 0.2) is 77.7 Å². The molecule has 0 saturated carbocycles. The molecule has 1 unspecified atom stereocenters. The first kappa shape index (κ1) is 25.6. The smallest absolute Gasteiger partial charge is 0.264 e. The van der Waals surface area contributed by atoms with Gasteiger partial charge >= 0.3 is 0 Å². The molecule has 0 spiro atoms. The molecule has 0 bridgehead atoms. The van der Waals surface area contributed by atoms with Crippen LogP contribution in [0.4, 0.5) is 11.4 Å². The molecule has 4 rings (SSSR count). The van der Waals surface area contributed by atoms with Crippen molar-refractivity contribution in [3.8, 4) is 5.75 Å². The largest absolute Gasteiger partial charge is 0.497 e. The van der Waals surface area contributed by atoms with E-state index in [2.05, 4.69) is 22.3 Å². The minimum absolute atomic E-state index is 0.127. The Hall–Kier alpha value is -3.52. The van der Waals surface area contributed by atoms with Crippen LogP contribution in [-0.4, -0.2) is 41.1 Å². The van der Waals surface area contributed by atoms with Gasteiger partial charge < -0.3 is 15.0 Å². The van der Waals surface area contributed by atoms with E-state index in [4.69, 9.17) is 4.74 Å². The molecule has 7 nitrogen and oxygen atoms in total. The summed E-state index contributed by atoms with van der Waals surface area (Å²) in [6.45, 7) is 5.59. The molecule has 1 fully saturated rings. The lowest BCUT2D eigenvalue weighted by Crippen LogP contribution is -2.41. The maximum atomic E-state index is 13.6. The van der Waals surface area contributed by atoms with Gasteiger partial charge in [-0.25, -0.2) is 8.42 Å². The fraction of sp³-hybridized carbons (Fsp3) is 0.321. The second kappa shape index (κ2) is 11.0. The van der Waals surface area contributed by atoms with Gasteiger partial charge in [0.2, 0.25) is 5.91 Å². The number of sulfonamides is 1. The number of amides is 1. The lowest BCUT2D eigenvalue weighted by Gasteiger charge is -2.25. The van der Waals surface area contributed by atoms with Crippen LogP contribution in [0.5, 0.6) is 5.75 Å². The number of ether oxygens (including phenoxy) is 1. The van der Waals surface area contributed by atoms with Crippen molar-refractivity contribution in [2.24, 2.45) is 0 Å². The molecule has 1 heterocycles. The van der Waals surface area contributed by atoms with Gasteiger partial charge in [-0.05, 0) is 80.8 Å². The van der Waals surface area contributed by atoms with Gasteiger partial charge in [0.1, 0.15) is 12.3 Å². The van der Waals surface area contributed by atoms with Gasteiger partial charge in [0.15, 0.2) is 0 Å². The summed E-state index contributed by atoms with van der Waals surface area (Å²) in [4.78, 5) is 15.6. The van der Waals surface area contributed by atoms with Crippen molar-refractivity contribution in [2.45, 2.75) is 37.6 Å². The van der Waals surface area contributed by atoms with Gasteiger partial charge in [-0.3, -0.25) is 9.10 Å². The molecular formula is C28H33N3O4S. The molecule has 0 aliphatic carbocycles. The lowest BCUT2D eigenvalue weighted by atomic mass is 10.1. The number of aryl methyl sites for hydroxylation is 1. The van der Waals surface area contributed by atoms with Crippen LogP contribution in [0.1, 0.15) is 36.9 Å². The Morgan fingerprint density at radius 2 is 1.58 bits per heavy atom. The number of anilines is 2. The highest BCUT2D eigenvalue weighted by molar-refractivity contribution is 7.92. The zero-order chi connectivity index (χ0) is 25.7. The summed E-state index contributed by atoms with van der Waals surface area (Å²) < 4.78 is 33.5. The van der Waals surface area contributed by atoms with Crippen LogP contribution in [0, 0.1) is 6.92 Å². The molecule has 36 heavy (non-hydrogen) atoms. The molecule has 190 valence electrons. The zero-order valence-electron chi connectivity index (χ0n) is 21.0. The Bertz CT molecular complexity index is 1270. The number of carbonyl (C=O) groups is 1. The van der Waals surface area contributed by atoms with E-state index in [0.717, 1.165) is 28.5 Å². The standard InChI is InChI=1S/C28H33N3O4S/c1-21-6-16-27(17-7-21)36(33,34)31(25-12-14-26(35-3)15-13-25)20-28(32)29-22(2)23-8-10-24(11-9-23)30-18-4-5-19-30/h6-17,22H,4-5,18-20H2,1-3H3,(H,29,32). The minimum Gasteiger partial charge on any atom is -0.497 e. The molecular weight excluding hydrogens is 474 g/mol. The van der Waals surface area contributed by atoms with Crippen molar-refractivity contribution in [1.29, 1.82) is 0 Å². The van der Waals surface area contributed by atoms with Gasteiger partial charge in [-0.2, -0.15) is 0 Å². The molecule has 1 aliphatic rings. The Balaban J connectivity index is 1.52. The summed E-state index contributed by atoms with van der Waals surface area (Å²) in [5.74, 6) is 0.208. The van der Waals surface area contributed by atoms with E-state index in [1.165, 1.54) is 18.5 Å². The van der Waals surface area contributed by atoms with Gasteiger partial charge in [-0.1, -0.05) is 29.8 Å². The Morgan fingerprint density at radius 3 is 2.17 bits per heavy atom. The average molecular weight is 508 g/mol. The third-order valence-corrected chi connectivity index (χ3v) is 8.29. The molecule has 1 atom stereocenters.